The molecule has 0 aliphatic heterocycles. The third-order valence-electron chi connectivity index (χ3n) is 4.10. The van der Waals surface area contributed by atoms with Gasteiger partial charge in [-0.2, -0.15) is 4.98 Å². The standard InChI is InChI=1S/C19H18N6O6S/c1-9-14(18(29)30-8-26)32-19(22-9)24-17(28)13(20)7-21-16(27)12-5-3-4-11(6-12)15-23-10(2)31-25-15/h3-6,8,13H,7,20H2,1-2H3,(H,21,27)(H,22,24,28)/t13-/m1/s1. The lowest BCUT2D eigenvalue weighted by Crippen LogP contribution is -2.45. The first-order valence-electron chi connectivity index (χ1n) is 9.16. The summed E-state index contributed by atoms with van der Waals surface area (Å²) in [6, 6.07) is 5.49. The lowest BCUT2D eigenvalue weighted by molar-refractivity contribution is -0.124. The number of thiazole rings is 1. The molecule has 3 aromatic rings. The van der Waals surface area contributed by atoms with Gasteiger partial charge in [0.05, 0.1) is 5.69 Å². The van der Waals surface area contributed by atoms with Crippen LogP contribution in [0, 0.1) is 13.8 Å². The van der Waals surface area contributed by atoms with E-state index < -0.39 is 23.8 Å². The molecule has 0 saturated heterocycles. The second-order valence-electron chi connectivity index (χ2n) is 6.46. The number of carbonyl (C=O) groups is 4. The molecule has 1 atom stereocenters. The minimum Gasteiger partial charge on any atom is -0.391 e. The fraction of sp³-hybridized carbons (Fsp3) is 0.211. The molecule has 12 nitrogen and oxygen atoms in total. The summed E-state index contributed by atoms with van der Waals surface area (Å²) < 4.78 is 9.21. The van der Waals surface area contributed by atoms with Crippen molar-refractivity contribution in [3.05, 3.63) is 46.3 Å². The van der Waals surface area contributed by atoms with Crippen molar-refractivity contribution in [2.45, 2.75) is 19.9 Å². The average molecular weight is 458 g/mol. The van der Waals surface area contributed by atoms with E-state index in [1.807, 2.05) is 0 Å². The largest absolute Gasteiger partial charge is 0.391 e. The summed E-state index contributed by atoms with van der Waals surface area (Å²) in [4.78, 5) is 54.9. The number of hydrogen-bond acceptors (Lipinski definition) is 11. The number of esters is 1. The zero-order chi connectivity index (χ0) is 23.3. The molecular formula is C19H18N6O6S. The Balaban J connectivity index is 1.57. The topological polar surface area (TPSA) is 179 Å². The number of aryl methyl sites for hydroxylation is 2. The highest BCUT2D eigenvalue weighted by atomic mass is 32.1. The third kappa shape index (κ3) is 5.39. The number of hydrogen-bond donors (Lipinski definition) is 3. The first-order chi connectivity index (χ1) is 15.3. The summed E-state index contributed by atoms with van der Waals surface area (Å²) in [7, 11) is 0. The normalized spacial score (nSPS) is 11.5. The van der Waals surface area contributed by atoms with Crippen LogP contribution in [0.2, 0.25) is 0 Å². The number of rotatable bonds is 8. The lowest BCUT2D eigenvalue weighted by Gasteiger charge is -2.12. The van der Waals surface area contributed by atoms with Crippen LogP contribution in [0.25, 0.3) is 11.4 Å². The Morgan fingerprint density at radius 1 is 1.28 bits per heavy atom. The number of benzene rings is 1. The van der Waals surface area contributed by atoms with Crippen LogP contribution in [0.1, 0.15) is 31.6 Å². The highest BCUT2D eigenvalue weighted by Gasteiger charge is 2.21. The van der Waals surface area contributed by atoms with Crippen molar-refractivity contribution in [2.24, 2.45) is 5.73 Å². The van der Waals surface area contributed by atoms with Crippen molar-refractivity contribution in [3.63, 3.8) is 0 Å². The van der Waals surface area contributed by atoms with Crippen molar-refractivity contribution in [1.82, 2.24) is 20.4 Å². The molecule has 0 spiro atoms. The molecule has 0 aliphatic carbocycles. The molecule has 1 aromatic carbocycles. The molecular weight excluding hydrogens is 440 g/mol. The van der Waals surface area contributed by atoms with Crippen LogP contribution in [0.5, 0.6) is 0 Å². The number of ether oxygens (including phenoxy) is 1. The highest BCUT2D eigenvalue weighted by molar-refractivity contribution is 7.17. The minimum absolute atomic E-state index is 0.0112. The molecule has 166 valence electrons. The Kier molecular flexibility index (Phi) is 7.02. The van der Waals surface area contributed by atoms with E-state index >= 15 is 0 Å². The van der Waals surface area contributed by atoms with E-state index in [1.165, 1.54) is 6.92 Å². The van der Waals surface area contributed by atoms with Gasteiger partial charge >= 0.3 is 12.4 Å². The molecule has 32 heavy (non-hydrogen) atoms. The van der Waals surface area contributed by atoms with Gasteiger partial charge in [-0.1, -0.05) is 28.6 Å². The van der Waals surface area contributed by atoms with Gasteiger partial charge in [-0.25, -0.2) is 9.78 Å². The Labute approximate surface area is 185 Å². The molecule has 2 heterocycles. The summed E-state index contributed by atoms with van der Waals surface area (Å²) in [6.45, 7) is 3.04. The summed E-state index contributed by atoms with van der Waals surface area (Å²) in [5, 5.41) is 8.96. The quantitative estimate of drug-likeness (QED) is 0.248. The SMILES string of the molecule is Cc1nc(-c2cccc(C(=O)NC[C@@H](N)C(=O)Nc3nc(C)c(C(=O)OC=O)s3)c2)no1. The predicted octanol–water partition coefficient (Wildman–Crippen LogP) is 0.819. The van der Waals surface area contributed by atoms with Gasteiger partial charge in [-0.05, 0) is 19.1 Å². The summed E-state index contributed by atoms with van der Waals surface area (Å²) in [5.41, 5.74) is 7.06. The van der Waals surface area contributed by atoms with Crippen LogP contribution >= 0.6 is 11.3 Å². The fourth-order valence-corrected chi connectivity index (χ4v) is 3.40. The smallest absolute Gasteiger partial charge is 0.357 e. The molecule has 0 saturated carbocycles. The van der Waals surface area contributed by atoms with E-state index in [0.29, 0.717) is 22.8 Å². The van der Waals surface area contributed by atoms with Crippen molar-refractivity contribution in [2.75, 3.05) is 11.9 Å². The van der Waals surface area contributed by atoms with Crippen LogP contribution in [-0.4, -0.2) is 52.0 Å². The average Bonchev–Trinajstić information content (AvgIpc) is 3.37. The molecule has 0 bridgehead atoms. The molecule has 0 fully saturated rings. The van der Waals surface area contributed by atoms with Gasteiger partial charge in [0.25, 0.3) is 5.91 Å². The predicted molar refractivity (Wildman–Crippen MR) is 112 cm³/mol. The van der Waals surface area contributed by atoms with E-state index in [4.69, 9.17) is 10.3 Å². The van der Waals surface area contributed by atoms with Crippen molar-refractivity contribution in [1.29, 1.82) is 0 Å². The Morgan fingerprint density at radius 2 is 2.06 bits per heavy atom. The van der Waals surface area contributed by atoms with Gasteiger partial charge < -0.3 is 25.6 Å². The zero-order valence-electron chi connectivity index (χ0n) is 16.9. The van der Waals surface area contributed by atoms with Gasteiger partial charge in [0.1, 0.15) is 10.9 Å². The van der Waals surface area contributed by atoms with E-state index in [2.05, 4.69) is 30.5 Å². The second kappa shape index (κ2) is 9.89. The van der Waals surface area contributed by atoms with Crippen LogP contribution in [0.4, 0.5) is 5.13 Å². The number of nitrogens with zero attached hydrogens (tertiary/aromatic N) is 3. The molecule has 2 aromatic heterocycles. The van der Waals surface area contributed by atoms with Crippen LogP contribution in [-0.2, 0) is 14.3 Å². The Morgan fingerprint density at radius 3 is 2.75 bits per heavy atom. The Hall–Kier alpha value is -3.97. The number of aromatic nitrogens is 3. The van der Waals surface area contributed by atoms with E-state index in [1.54, 1.807) is 31.2 Å². The van der Waals surface area contributed by atoms with Gasteiger partial charge in [-0.3, -0.25) is 14.4 Å². The summed E-state index contributed by atoms with van der Waals surface area (Å²) >= 11 is 0.837. The maximum Gasteiger partial charge on any atom is 0.357 e. The first kappa shape index (κ1) is 22.7. The Bertz CT molecular complexity index is 1170. The molecule has 13 heteroatoms. The molecule has 0 unspecified atom stereocenters. The van der Waals surface area contributed by atoms with Crippen molar-refractivity contribution in [3.8, 4) is 11.4 Å². The molecule has 2 amide bonds. The number of carbonyl (C=O) groups excluding carboxylic acids is 4. The summed E-state index contributed by atoms with van der Waals surface area (Å²) in [5.74, 6) is -1.19. The number of amides is 2. The van der Waals surface area contributed by atoms with Crippen molar-refractivity contribution < 1.29 is 28.4 Å². The fourth-order valence-electron chi connectivity index (χ4n) is 2.55. The van der Waals surface area contributed by atoms with Gasteiger partial charge in [-0.15, -0.1) is 0 Å². The molecule has 4 N–H and O–H groups in total. The van der Waals surface area contributed by atoms with E-state index in [9.17, 15) is 19.2 Å². The number of anilines is 1. The molecule has 0 aliphatic rings. The molecule has 0 radical (unpaired) electrons. The maximum absolute atomic E-state index is 12.5. The first-order valence-corrected chi connectivity index (χ1v) is 9.97. The van der Waals surface area contributed by atoms with E-state index in [0.717, 1.165) is 11.3 Å². The lowest BCUT2D eigenvalue weighted by atomic mass is 10.1. The van der Waals surface area contributed by atoms with Gasteiger partial charge in [0.2, 0.25) is 17.6 Å². The second-order valence-corrected chi connectivity index (χ2v) is 7.46. The van der Waals surface area contributed by atoms with Gasteiger partial charge in [0.15, 0.2) is 5.13 Å². The third-order valence-corrected chi connectivity index (χ3v) is 5.15. The summed E-state index contributed by atoms with van der Waals surface area (Å²) in [6.07, 6.45) is 0. The number of nitrogens with one attached hydrogen (secondary N) is 2. The highest BCUT2D eigenvalue weighted by Crippen LogP contribution is 2.23. The van der Waals surface area contributed by atoms with Crippen LogP contribution in [0.15, 0.2) is 28.8 Å². The minimum atomic E-state index is -1.09. The van der Waals surface area contributed by atoms with Gasteiger partial charge in [0, 0.05) is 24.6 Å². The van der Waals surface area contributed by atoms with Crippen LogP contribution in [0.3, 0.4) is 0 Å². The van der Waals surface area contributed by atoms with E-state index in [-0.39, 0.29) is 28.7 Å². The van der Waals surface area contributed by atoms with Crippen molar-refractivity contribution >= 4 is 40.7 Å². The number of nitrogens with two attached hydrogens (primary N) is 1. The molecule has 3 rings (SSSR count). The monoisotopic (exact) mass is 458 g/mol. The van der Waals surface area contributed by atoms with Crippen LogP contribution < -0.4 is 16.4 Å². The zero-order valence-corrected chi connectivity index (χ0v) is 17.8. The maximum atomic E-state index is 12.5.